The summed E-state index contributed by atoms with van der Waals surface area (Å²) in [5.74, 6) is 0.333. The maximum Gasteiger partial charge on any atom is 0.333 e. The molecule has 16 N–H and O–H groups in total. The number of hydrogen-bond acceptors (Lipinski definition) is 39. The molecule has 0 spiro atoms. The summed E-state index contributed by atoms with van der Waals surface area (Å²) < 4.78 is 82.3. The molecule has 150 heavy (non-hydrogen) atoms. The molecule has 8 unspecified atom stereocenters. The van der Waals surface area contributed by atoms with Gasteiger partial charge in [0.25, 0.3) is 39.3 Å². The van der Waals surface area contributed by atoms with E-state index in [4.69, 9.17) is 78.0 Å². The van der Waals surface area contributed by atoms with E-state index in [2.05, 4.69) is 11.9 Å². The predicted octanol–water partition coefficient (Wildman–Crippen LogP) is -4.78. The number of carbonyl (C=O) groups is 1. The minimum Gasteiger partial charge on any atom is -0.394 e. The average Bonchev–Trinajstić information content (AvgIpc) is 1.62. The van der Waals surface area contributed by atoms with Crippen LogP contribution in [0.3, 0.4) is 0 Å². The Morgan fingerprint density at radius 1 is 0.367 bits per heavy atom. The first kappa shape index (κ1) is 125. The third kappa shape index (κ3) is 29.7. The molecule has 0 aromatic carbocycles. The highest BCUT2D eigenvalue weighted by Gasteiger charge is 2.49. The Kier molecular flexibility index (Phi) is 48.5. The number of hydrogen-bond donors (Lipinski definition) is 16. The number of unbranched alkanes of at least 4 members (excludes halogenated alkanes) is 1. The fraction of sp³-hybridized carbons (Fsp3) is 0.701. The summed E-state index contributed by atoms with van der Waals surface area (Å²) in [5, 5.41) is 145. The first-order valence-corrected chi connectivity index (χ1v) is 50.3. The molecule has 6 aromatic heterocycles. The molecule has 0 bridgehead atoms. The Labute approximate surface area is 860 Å². The zero-order valence-electron chi connectivity index (χ0n) is 87.3. The van der Waals surface area contributed by atoms with Crippen LogP contribution in [-0.2, 0) is 91.4 Å². The van der Waals surface area contributed by atoms with Gasteiger partial charge in [-0.05, 0) is 93.4 Å². The van der Waals surface area contributed by atoms with Crippen molar-refractivity contribution in [1.82, 2.24) is 65.0 Å². The summed E-state index contributed by atoms with van der Waals surface area (Å²) >= 11 is 0. The molecule has 14 rings (SSSR count). The fourth-order valence-corrected chi connectivity index (χ4v) is 17.7. The molecule has 0 radical (unpaired) electrons. The number of aliphatic hydroxyl groups is 15. The number of halogens is 1. The Balaban J connectivity index is 0.000000213. The number of ether oxygens (including phenoxy) is 10. The SMILES string of the molecule is C=C1NC(=O)C(C)=CN1[C@H]1CC(OCCC)[C@@H](CO)O1.CCC(Cn1c(=O)c(C)cn([C@H]2CC(O)[C@@H](CO)O2)c1=O)OC.CCCCn1c(=O)c(C)cn([C@H]2CC(O)[C@@H](CO)O2)c1=O.CCCOCCn1c(=O)c(C)cn([C@H]2CC(O)[C@@H](CO)O2)c1=O.CCCn1c(=O)c(C)cn([C@@H]2O[C@H](CO)C(O)[C@@H]2O)c1=O.CCCn1c(=O)c(C)cn([C@@H]2O[C@H](CO)C(O)[C@H]2F)c1=O.CCCn1c(=O)c(C)cn([C@@H]2O[C@H](CO)C(O)[C@H]2O)c1=O. The number of rotatable bonds is 35. The predicted molar refractivity (Wildman–Crippen MR) is 532 cm³/mol. The summed E-state index contributed by atoms with van der Waals surface area (Å²) in [5.41, 5.74) is -2.75. The summed E-state index contributed by atoms with van der Waals surface area (Å²) in [7, 11) is 1.54. The molecule has 7 saturated heterocycles. The van der Waals surface area contributed by atoms with Crippen LogP contribution in [0, 0.1) is 41.5 Å². The van der Waals surface area contributed by atoms with Gasteiger partial charge in [-0.2, -0.15) is 0 Å². The maximum absolute atomic E-state index is 14.1. The van der Waals surface area contributed by atoms with E-state index in [9.17, 15) is 113 Å². The molecule has 53 heteroatoms. The van der Waals surface area contributed by atoms with E-state index < -0.39 is 189 Å². The molecule has 7 fully saturated rings. The van der Waals surface area contributed by atoms with Crippen molar-refractivity contribution in [3.8, 4) is 0 Å². The van der Waals surface area contributed by atoms with E-state index >= 15 is 0 Å². The molecule has 25 atom stereocenters. The van der Waals surface area contributed by atoms with Crippen molar-refractivity contribution in [1.29, 1.82) is 0 Å². The summed E-state index contributed by atoms with van der Waals surface area (Å²) in [6.45, 7) is 28.9. The van der Waals surface area contributed by atoms with Crippen LogP contribution in [0.1, 0.15) is 203 Å². The number of aliphatic hydroxyl groups excluding tert-OH is 15. The van der Waals surface area contributed by atoms with Crippen LogP contribution in [0.25, 0.3) is 0 Å². The number of aryl methyl sites for hydroxylation is 6. The van der Waals surface area contributed by atoms with Gasteiger partial charge in [-0.3, -0.25) is 88.4 Å². The molecule has 52 nitrogen and oxygen atoms in total. The van der Waals surface area contributed by atoms with Gasteiger partial charge in [0.1, 0.15) is 104 Å². The van der Waals surface area contributed by atoms with Gasteiger partial charge in [-0.1, -0.05) is 61.5 Å². The van der Waals surface area contributed by atoms with Crippen molar-refractivity contribution >= 4 is 5.91 Å². The maximum atomic E-state index is 14.1. The smallest absolute Gasteiger partial charge is 0.333 e. The van der Waals surface area contributed by atoms with Crippen molar-refractivity contribution in [3.05, 3.63) is 220 Å². The third-order valence-electron chi connectivity index (χ3n) is 26.1. The first-order valence-electron chi connectivity index (χ1n) is 50.3. The molecular weight excluding hydrogens is 1990 g/mol. The number of aromatic nitrogens is 12. The van der Waals surface area contributed by atoms with Gasteiger partial charge in [0.15, 0.2) is 24.9 Å². The highest BCUT2D eigenvalue weighted by atomic mass is 19.1. The lowest BCUT2D eigenvalue weighted by Crippen LogP contribution is -2.44. The fourth-order valence-electron chi connectivity index (χ4n) is 17.7. The van der Waals surface area contributed by atoms with Crippen molar-refractivity contribution in [2.24, 2.45) is 0 Å². The monoisotopic (exact) mass is 2140 g/mol. The van der Waals surface area contributed by atoms with Gasteiger partial charge >= 0.3 is 34.1 Å². The van der Waals surface area contributed by atoms with Crippen LogP contribution in [0.5, 0.6) is 0 Å². The lowest BCUT2D eigenvalue weighted by atomic mass is 10.1. The minimum atomic E-state index is -1.85. The Morgan fingerprint density at radius 3 is 1.01 bits per heavy atom. The normalized spacial score (nSPS) is 27.5. The number of methoxy groups -OCH3 is 1. The number of nitrogens with zero attached hydrogens (tertiary/aromatic N) is 13. The topological polar surface area (TPSA) is 692 Å². The highest BCUT2D eigenvalue weighted by molar-refractivity contribution is 5.94. The first-order chi connectivity index (χ1) is 71.2. The van der Waals surface area contributed by atoms with Crippen molar-refractivity contribution in [2.75, 3.05) is 73.2 Å². The van der Waals surface area contributed by atoms with Crippen molar-refractivity contribution in [2.45, 2.75) is 367 Å². The van der Waals surface area contributed by atoms with Gasteiger partial charge < -0.3 is 134 Å². The van der Waals surface area contributed by atoms with Crippen LogP contribution >= 0.6 is 0 Å². The summed E-state index contributed by atoms with van der Waals surface area (Å²) in [4.78, 5) is 160. The third-order valence-corrected chi connectivity index (χ3v) is 26.1. The summed E-state index contributed by atoms with van der Waals surface area (Å²) in [6, 6.07) is 0. The largest absolute Gasteiger partial charge is 0.394 e. The van der Waals surface area contributed by atoms with Crippen LogP contribution < -0.4 is 72.8 Å². The second kappa shape index (κ2) is 58.2. The lowest BCUT2D eigenvalue weighted by molar-refractivity contribution is -0.119. The Morgan fingerprint density at radius 2 is 0.687 bits per heavy atom. The van der Waals surface area contributed by atoms with Crippen molar-refractivity contribution < 1.29 is 133 Å². The zero-order valence-corrected chi connectivity index (χ0v) is 87.3. The molecule has 1 amide bonds. The van der Waals surface area contributed by atoms with E-state index in [-0.39, 0.29) is 149 Å². The van der Waals surface area contributed by atoms with Gasteiger partial charge in [-0.25, -0.2) is 33.2 Å². The Bertz CT molecular complexity index is 5990. The van der Waals surface area contributed by atoms with Gasteiger partial charge in [-0.15, -0.1) is 0 Å². The highest BCUT2D eigenvalue weighted by Crippen LogP contribution is 2.36. The molecule has 0 saturated carbocycles. The van der Waals surface area contributed by atoms with E-state index in [1.807, 2.05) is 48.5 Å². The minimum absolute atomic E-state index is 0.0831. The van der Waals surface area contributed by atoms with E-state index in [1.54, 1.807) is 52.6 Å². The number of carbonyl (C=O) groups excluding carboxylic acids is 1. The second-order valence-corrected chi connectivity index (χ2v) is 37.5. The van der Waals surface area contributed by atoms with Crippen molar-refractivity contribution in [3.63, 3.8) is 0 Å². The Hall–Kier alpha value is -10.2. The average molecular weight is 2140 g/mol. The number of nitrogens with one attached hydrogen (secondary N) is 1. The van der Waals surface area contributed by atoms with Crippen LogP contribution in [0.2, 0.25) is 0 Å². The molecular formula is C97H151FN14O38. The van der Waals surface area contributed by atoms with Gasteiger partial charge in [0.2, 0.25) is 0 Å². The molecule has 0 aliphatic carbocycles. The van der Waals surface area contributed by atoms with Crippen LogP contribution in [-0.4, -0.2) is 332 Å². The molecule has 8 aliphatic rings. The van der Waals surface area contributed by atoms with Crippen LogP contribution in [0.15, 0.2) is 119 Å². The quantitative estimate of drug-likeness (QED) is 0.0166. The molecule has 6 aromatic rings. The van der Waals surface area contributed by atoms with Gasteiger partial charge in [0.05, 0.1) is 96.5 Å². The number of alkyl halides is 1. The van der Waals surface area contributed by atoms with E-state index in [1.165, 1.54) is 69.5 Å². The van der Waals surface area contributed by atoms with Gasteiger partial charge in [0, 0.05) is 155 Å². The number of amides is 1. The molecule has 844 valence electrons. The molecule has 8 aliphatic heterocycles. The molecule has 14 heterocycles. The van der Waals surface area contributed by atoms with Crippen LogP contribution in [0.4, 0.5) is 4.39 Å². The van der Waals surface area contributed by atoms with E-state index in [0.29, 0.717) is 91.1 Å². The zero-order chi connectivity index (χ0) is 112. The van der Waals surface area contributed by atoms with E-state index in [0.717, 1.165) is 62.2 Å². The summed E-state index contributed by atoms with van der Waals surface area (Å²) in [6.07, 6.45) is -6.05. The second-order valence-electron chi connectivity index (χ2n) is 37.5. The lowest BCUT2D eigenvalue weighted by Gasteiger charge is -2.32. The standard InChI is InChI=1S/2C15H24N2O6.C14H22N2O5.C14H22N2O4.C13H19FN2O5.2C13H20N2O6/c1-4-10(22-3)7-17-14(20)9(2)6-16(15(17)21)13-5-11(19)12(8-18)23-13;1-3-5-22-6-4-16-14(20)10(2)8-17(15(16)21)13-7-11(19)12(9-18)23-13;1-3-4-5-15-13(19)9(2)7-16(14(15)20)12-6-10(18)11(8-17)21-12;1-4-5-19-11-6-13(20-12(11)8-17)16-7-9(2)14(18)15-10(16)3;1-3-4-15-11(19)7(2)5-16(13(15)20)12-9(14)10(18)8(6-17)21-12;2*1-3-4-14-11(19)7(2)5-15(13(14)20)12-10(18)9(17)8(6-16)21-12/h6,10-13,18-19H,4-5,7-8H2,1-3H3;8,11-13,18-19H,3-7,9H2,1-2H3;7,10-12,17-18H,3-6,8H2,1-2H3;7,11-13,17H,3-6,8H2,1-2H3,(H,15,18);5,8-10,12,17-18H,3-4,6H2,1-2H3;2*5,8-10,12,16-18H,3-4,6H2,1-2H3/t10?,11?,12-,13-;11?,12-,13-;10?,11-,12-;11?,12-,13-;8-,9-,10?,12-;8-,9?,10+,12-;8-,9?,10-,12-/m1111111/s1.